The smallest absolute Gasteiger partial charge is 0.118 e. The topological polar surface area (TPSA) is 21.3 Å². The van der Waals surface area contributed by atoms with E-state index in [1.807, 2.05) is 0 Å². The molecule has 1 N–H and O–H groups in total. The van der Waals surface area contributed by atoms with Crippen LogP contribution in [0.15, 0.2) is 24.3 Å². The van der Waals surface area contributed by atoms with Crippen LogP contribution in [0.25, 0.3) is 0 Å². The lowest BCUT2D eigenvalue weighted by Crippen LogP contribution is -2.33. The van der Waals surface area contributed by atoms with E-state index in [1.165, 1.54) is 24.8 Å². The predicted molar refractivity (Wildman–Crippen MR) is 89.9 cm³/mol. The number of nitrogens with one attached hydrogen (secondary N) is 1. The summed E-state index contributed by atoms with van der Waals surface area (Å²) in [5.41, 5.74) is 1.48. The highest BCUT2D eigenvalue weighted by atomic mass is 16.5. The molecule has 1 saturated carbocycles. The molecule has 118 valence electrons. The van der Waals surface area contributed by atoms with E-state index in [-0.39, 0.29) is 0 Å². The van der Waals surface area contributed by atoms with Crippen LogP contribution in [-0.4, -0.2) is 20.2 Å². The van der Waals surface area contributed by atoms with Crippen LogP contribution >= 0.6 is 0 Å². The molecular formula is C19H31NO. The highest BCUT2D eigenvalue weighted by Crippen LogP contribution is 2.40. The molecule has 2 heteroatoms. The van der Waals surface area contributed by atoms with Crippen molar-refractivity contribution in [2.45, 2.75) is 46.0 Å². The van der Waals surface area contributed by atoms with Gasteiger partial charge in [0.2, 0.25) is 0 Å². The number of hydrogen-bond acceptors (Lipinski definition) is 2. The lowest BCUT2D eigenvalue weighted by molar-refractivity contribution is 0.240. The molecule has 0 spiro atoms. The Labute approximate surface area is 130 Å². The molecule has 2 nitrogen and oxygen atoms in total. The van der Waals surface area contributed by atoms with Gasteiger partial charge >= 0.3 is 0 Å². The van der Waals surface area contributed by atoms with Gasteiger partial charge < -0.3 is 10.1 Å². The minimum absolute atomic E-state index is 0.694. The van der Waals surface area contributed by atoms with Gasteiger partial charge in [0.05, 0.1) is 7.11 Å². The monoisotopic (exact) mass is 289 g/mol. The van der Waals surface area contributed by atoms with Crippen molar-refractivity contribution in [2.75, 3.05) is 20.2 Å². The Morgan fingerprint density at radius 1 is 1.19 bits per heavy atom. The molecule has 0 bridgehead atoms. The summed E-state index contributed by atoms with van der Waals surface area (Å²) in [5.74, 6) is 4.00. The summed E-state index contributed by atoms with van der Waals surface area (Å²) in [7, 11) is 1.73. The molecule has 21 heavy (non-hydrogen) atoms. The van der Waals surface area contributed by atoms with E-state index in [0.717, 1.165) is 36.6 Å². The first-order chi connectivity index (χ1) is 10.1. The van der Waals surface area contributed by atoms with Crippen molar-refractivity contribution >= 4 is 0 Å². The predicted octanol–water partition coefficient (Wildman–Crippen LogP) is 4.46. The van der Waals surface area contributed by atoms with Gasteiger partial charge in [-0.1, -0.05) is 39.3 Å². The molecule has 1 aliphatic carbocycles. The molecule has 1 aromatic carbocycles. The molecule has 1 aliphatic rings. The zero-order valence-electron chi connectivity index (χ0n) is 14.1. The van der Waals surface area contributed by atoms with E-state index < -0.39 is 0 Å². The first-order valence-corrected chi connectivity index (χ1v) is 8.44. The Morgan fingerprint density at radius 2 is 1.90 bits per heavy atom. The average molecular weight is 289 g/mol. The van der Waals surface area contributed by atoms with Gasteiger partial charge in [0.25, 0.3) is 0 Å². The van der Waals surface area contributed by atoms with Gasteiger partial charge in [-0.25, -0.2) is 0 Å². The van der Waals surface area contributed by atoms with E-state index in [2.05, 4.69) is 50.4 Å². The number of benzene rings is 1. The molecular weight excluding hydrogens is 258 g/mol. The highest BCUT2D eigenvalue weighted by molar-refractivity contribution is 5.30. The SMILES string of the molecule is COc1ccc(C2CC(C)CCC2CNCC(C)C)cc1. The first kappa shape index (κ1) is 16.4. The van der Waals surface area contributed by atoms with Crippen molar-refractivity contribution in [3.8, 4) is 5.75 Å². The first-order valence-electron chi connectivity index (χ1n) is 8.44. The van der Waals surface area contributed by atoms with Gasteiger partial charge in [0.15, 0.2) is 0 Å². The molecule has 1 aromatic rings. The van der Waals surface area contributed by atoms with E-state index in [1.54, 1.807) is 7.11 Å². The minimum Gasteiger partial charge on any atom is -0.497 e. The van der Waals surface area contributed by atoms with Crippen molar-refractivity contribution in [2.24, 2.45) is 17.8 Å². The third kappa shape index (κ3) is 4.74. The van der Waals surface area contributed by atoms with Crippen molar-refractivity contribution in [3.63, 3.8) is 0 Å². The summed E-state index contributed by atoms with van der Waals surface area (Å²) < 4.78 is 5.28. The molecule has 0 amide bonds. The molecule has 1 fully saturated rings. The maximum atomic E-state index is 5.28. The summed E-state index contributed by atoms with van der Waals surface area (Å²) in [6.07, 6.45) is 4.05. The van der Waals surface area contributed by atoms with Crippen molar-refractivity contribution in [1.29, 1.82) is 0 Å². The van der Waals surface area contributed by atoms with Gasteiger partial charge in [-0.2, -0.15) is 0 Å². The van der Waals surface area contributed by atoms with Crippen LogP contribution in [0, 0.1) is 17.8 Å². The fraction of sp³-hybridized carbons (Fsp3) is 0.684. The second kappa shape index (κ2) is 7.84. The summed E-state index contributed by atoms with van der Waals surface area (Å²) in [4.78, 5) is 0. The normalized spacial score (nSPS) is 26.0. The number of hydrogen-bond donors (Lipinski definition) is 1. The van der Waals surface area contributed by atoms with Crippen molar-refractivity contribution in [3.05, 3.63) is 29.8 Å². The number of methoxy groups -OCH3 is 1. The third-order valence-electron chi connectivity index (χ3n) is 4.76. The third-order valence-corrected chi connectivity index (χ3v) is 4.76. The Balaban J connectivity index is 2.03. The Bertz CT molecular complexity index is 412. The Kier molecular flexibility index (Phi) is 6.10. The molecule has 0 aromatic heterocycles. The number of rotatable bonds is 6. The van der Waals surface area contributed by atoms with Crippen LogP contribution in [0.3, 0.4) is 0 Å². The average Bonchev–Trinajstić information content (AvgIpc) is 2.48. The van der Waals surface area contributed by atoms with Crippen molar-refractivity contribution < 1.29 is 4.74 Å². The van der Waals surface area contributed by atoms with Crippen LogP contribution < -0.4 is 10.1 Å². The Morgan fingerprint density at radius 3 is 2.52 bits per heavy atom. The fourth-order valence-electron chi connectivity index (χ4n) is 3.50. The summed E-state index contributed by atoms with van der Waals surface area (Å²) in [6, 6.07) is 8.73. The van der Waals surface area contributed by atoms with Crippen molar-refractivity contribution in [1.82, 2.24) is 5.32 Å². The fourth-order valence-corrected chi connectivity index (χ4v) is 3.50. The number of ether oxygens (including phenoxy) is 1. The van der Waals surface area contributed by atoms with Gasteiger partial charge in [-0.05, 0) is 67.3 Å². The van der Waals surface area contributed by atoms with E-state index in [9.17, 15) is 0 Å². The van der Waals surface area contributed by atoms with Gasteiger partial charge in [-0.3, -0.25) is 0 Å². The van der Waals surface area contributed by atoms with E-state index in [0.29, 0.717) is 5.92 Å². The van der Waals surface area contributed by atoms with Gasteiger partial charge in [0.1, 0.15) is 5.75 Å². The molecule has 2 rings (SSSR count). The van der Waals surface area contributed by atoms with Gasteiger partial charge in [-0.15, -0.1) is 0 Å². The molecule has 3 atom stereocenters. The van der Waals surface area contributed by atoms with Crippen LogP contribution in [0.2, 0.25) is 0 Å². The van der Waals surface area contributed by atoms with Gasteiger partial charge in [0, 0.05) is 0 Å². The maximum Gasteiger partial charge on any atom is 0.118 e. The standard InChI is InChI=1S/C19H31NO/c1-14(2)12-20-13-17-6-5-15(3)11-19(17)16-7-9-18(21-4)10-8-16/h7-10,14-15,17,19-20H,5-6,11-13H2,1-4H3. The minimum atomic E-state index is 0.694. The second-order valence-corrected chi connectivity index (χ2v) is 7.11. The van der Waals surface area contributed by atoms with Crippen LogP contribution in [-0.2, 0) is 0 Å². The second-order valence-electron chi connectivity index (χ2n) is 7.11. The van der Waals surface area contributed by atoms with E-state index in [4.69, 9.17) is 4.74 Å². The van der Waals surface area contributed by atoms with Crippen LogP contribution in [0.4, 0.5) is 0 Å². The highest BCUT2D eigenvalue weighted by Gasteiger charge is 2.29. The lowest BCUT2D eigenvalue weighted by atomic mass is 9.71. The van der Waals surface area contributed by atoms with E-state index >= 15 is 0 Å². The summed E-state index contributed by atoms with van der Waals surface area (Å²) >= 11 is 0. The molecule has 0 heterocycles. The Hall–Kier alpha value is -1.02. The summed E-state index contributed by atoms with van der Waals surface area (Å²) in [5, 5.41) is 3.67. The zero-order chi connectivity index (χ0) is 15.2. The summed E-state index contributed by atoms with van der Waals surface area (Å²) in [6.45, 7) is 9.23. The van der Waals surface area contributed by atoms with Crippen LogP contribution in [0.5, 0.6) is 5.75 Å². The molecule has 3 unspecified atom stereocenters. The molecule has 0 radical (unpaired) electrons. The lowest BCUT2D eigenvalue weighted by Gasteiger charge is -2.35. The zero-order valence-corrected chi connectivity index (χ0v) is 14.1. The molecule has 0 saturated heterocycles. The largest absolute Gasteiger partial charge is 0.497 e. The quantitative estimate of drug-likeness (QED) is 0.835. The molecule has 0 aliphatic heterocycles. The maximum absolute atomic E-state index is 5.28. The van der Waals surface area contributed by atoms with Crippen LogP contribution in [0.1, 0.15) is 51.5 Å².